The molecule has 8 heteroatoms. The second-order valence-electron chi connectivity index (χ2n) is 9.33. The van der Waals surface area contributed by atoms with Gasteiger partial charge in [0.2, 0.25) is 5.69 Å². The summed E-state index contributed by atoms with van der Waals surface area (Å²) in [5.74, 6) is 0.160. The van der Waals surface area contributed by atoms with Crippen LogP contribution in [0.1, 0.15) is 40.9 Å². The summed E-state index contributed by atoms with van der Waals surface area (Å²) in [5.41, 5.74) is 1.37. The van der Waals surface area contributed by atoms with Gasteiger partial charge in [-0.15, -0.1) is 0 Å². The quantitative estimate of drug-likeness (QED) is 0.505. The maximum atomic E-state index is 12.7. The Morgan fingerprint density at radius 1 is 1.03 bits per heavy atom. The molecule has 3 aromatic rings. The molecule has 4 rings (SSSR count). The van der Waals surface area contributed by atoms with Gasteiger partial charge in [-0.05, 0) is 75.9 Å². The zero-order valence-electron chi connectivity index (χ0n) is 20.4. The van der Waals surface area contributed by atoms with Gasteiger partial charge in [0.1, 0.15) is 0 Å². The van der Waals surface area contributed by atoms with E-state index in [4.69, 9.17) is 0 Å². The van der Waals surface area contributed by atoms with Crippen LogP contribution in [0, 0.1) is 12.8 Å². The Bertz CT molecular complexity index is 1260. The summed E-state index contributed by atoms with van der Waals surface area (Å²) in [4.78, 5) is 40.2. The van der Waals surface area contributed by atoms with Crippen LogP contribution >= 0.6 is 0 Å². The number of rotatable bonds is 8. The molecule has 0 radical (unpaired) electrons. The van der Waals surface area contributed by atoms with E-state index in [-0.39, 0.29) is 5.69 Å². The molecule has 1 amide bonds. The lowest BCUT2D eigenvalue weighted by Crippen LogP contribution is -2.44. The van der Waals surface area contributed by atoms with E-state index < -0.39 is 17.2 Å². The molecule has 0 unspecified atom stereocenters. The average molecular weight is 476 g/mol. The SMILES string of the molecule is Cc1ccc(-n2nc(C(=O)NCCCN3CCC(Cc4ccccc4)CC3)c(=O)n(C)c2=O)cc1. The number of likely N-dealkylation sites (tertiary alicyclic amines) is 1. The van der Waals surface area contributed by atoms with Crippen LogP contribution in [0.15, 0.2) is 64.2 Å². The van der Waals surface area contributed by atoms with Crippen molar-refractivity contribution >= 4 is 5.91 Å². The van der Waals surface area contributed by atoms with Crippen molar-refractivity contribution in [2.24, 2.45) is 13.0 Å². The Balaban J connectivity index is 1.28. The fourth-order valence-electron chi connectivity index (χ4n) is 4.52. The monoisotopic (exact) mass is 475 g/mol. The maximum Gasteiger partial charge on any atom is 0.351 e. The van der Waals surface area contributed by atoms with Crippen molar-refractivity contribution in [2.45, 2.75) is 32.6 Å². The highest BCUT2D eigenvalue weighted by Gasteiger charge is 2.20. The van der Waals surface area contributed by atoms with Gasteiger partial charge in [0.25, 0.3) is 11.5 Å². The van der Waals surface area contributed by atoms with E-state index in [1.54, 1.807) is 12.1 Å². The topological polar surface area (TPSA) is 89.2 Å². The molecule has 1 N–H and O–H groups in total. The summed E-state index contributed by atoms with van der Waals surface area (Å²) in [5, 5.41) is 6.89. The van der Waals surface area contributed by atoms with Gasteiger partial charge >= 0.3 is 5.69 Å². The predicted octanol–water partition coefficient (Wildman–Crippen LogP) is 2.31. The Morgan fingerprint density at radius 3 is 2.40 bits per heavy atom. The van der Waals surface area contributed by atoms with Crippen molar-refractivity contribution in [2.75, 3.05) is 26.2 Å². The Kier molecular flexibility index (Phi) is 7.92. The number of carbonyl (C=O) groups excluding carboxylic acids is 1. The summed E-state index contributed by atoms with van der Waals surface area (Å²) in [6.07, 6.45) is 4.29. The van der Waals surface area contributed by atoms with E-state index in [1.165, 1.54) is 25.5 Å². The van der Waals surface area contributed by atoms with Gasteiger partial charge < -0.3 is 10.2 Å². The van der Waals surface area contributed by atoms with E-state index in [9.17, 15) is 14.4 Å². The van der Waals surface area contributed by atoms with Gasteiger partial charge in [0.15, 0.2) is 0 Å². The molecule has 1 aliphatic heterocycles. The maximum absolute atomic E-state index is 12.7. The van der Waals surface area contributed by atoms with Crippen molar-refractivity contribution in [1.82, 2.24) is 24.6 Å². The van der Waals surface area contributed by atoms with E-state index in [0.717, 1.165) is 53.2 Å². The van der Waals surface area contributed by atoms with Gasteiger partial charge in [-0.3, -0.25) is 14.2 Å². The third-order valence-electron chi connectivity index (χ3n) is 6.68. The second kappa shape index (κ2) is 11.3. The largest absolute Gasteiger partial charge is 0.351 e. The first kappa shape index (κ1) is 24.6. The van der Waals surface area contributed by atoms with Crippen molar-refractivity contribution in [1.29, 1.82) is 0 Å². The molecular formula is C27H33N5O3. The molecule has 0 spiro atoms. The number of nitrogens with one attached hydrogen (secondary N) is 1. The fraction of sp³-hybridized carbons (Fsp3) is 0.407. The summed E-state index contributed by atoms with van der Waals surface area (Å²) < 4.78 is 2.01. The lowest BCUT2D eigenvalue weighted by atomic mass is 9.90. The number of amides is 1. The van der Waals surface area contributed by atoms with Crippen LogP contribution in [-0.4, -0.2) is 51.3 Å². The number of aromatic nitrogens is 3. The van der Waals surface area contributed by atoms with E-state index in [2.05, 4.69) is 45.6 Å². The fourth-order valence-corrected chi connectivity index (χ4v) is 4.52. The Labute approximate surface area is 205 Å². The van der Waals surface area contributed by atoms with Gasteiger partial charge in [-0.1, -0.05) is 48.0 Å². The third kappa shape index (κ3) is 6.14. The predicted molar refractivity (Wildman–Crippen MR) is 136 cm³/mol. The normalized spacial score (nSPS) is 14.7. The van der Waals surface area contributed by atoms with Crippen LogP contribution in [-0.2, 0) is 13.5 Å². The molecular weight excluding hydrogens is 442 g/mol. The lowest BCUT2D eigenvalue weighted by molar-refractivity contribution is 0.0940. The molecule has 0 saturated carbocycles. The van der Waals surface area contributed by atoms with Gasteiger partial charge in [-0.25, -0.2) is 4.79 Å². The zero-order chi connectivity index (χ0) is 24.8. The summed E-state index contributed by atoms with van der Waals surface area (Å²) in [6, 6.07) is 17.8. The Morgan fingerprint density at radius 2 is 1.71 bits per heavy atom. The summed E-state index contributed by atoms with van der Waals surface area (Å²) >= 11 is 0. The van der Waals surface area contributed by atoms with Crippen LogP contribution in [0.3, 0.4) is 0 Å². The van der Waals surface area contributed by atoms with Gasteiger partial charge in [0, 0.05) is 13.6 Å². The first-order chi connectivity index (χ1) is 16.9. The number of nitrogens with zero attached hydrogens (tertiary/aromatic N) is 4. The summed E-state index contributed by atoms with van der Waals surface area (Å²) in [6.45, 7) is 5.40. The minimum atomic E-state index is -0.698. The van der Waals surface area contributed by atoms with Crippen LogP contribution < -0.4 is 16.6 Å². The van der Waals surface area contributed by atoms with E-state index >= 15 is 0 Å². The van der Waals surface area contributed by atoms with E-state index in [0.29, 0.717) is 12.2 Å². The molecule has 1 fully saturated rings. The number of benzene rings is 2. The van der Waals surface area contributed by atoms with Crippen LogP contribution in [0.5, 0.6) is 0 Å². The standard InChI is InChI=1S/C27H33N5O3/c1-20-9-11-23(12-10-20)32-27(35)30(2)26(34)24(29-32)25(33)28-15-6-16-31-17-13-22(14-18-31)19-21-7-4-3-5-8-21/h3-5,7-12,22H,6,13-19H2,1-2H3,(H,28,33). The van der Waals surface area contributed by atoms with Crippen molar-refractivity contribution in [3.63, 3.8) is 0 Å². The molecule has 1 saturated heterocycles. The number of hydrogen-bond acceptors (Lipinski definition) is 5. The molecule has 0 aliphatic carbocycles. The van der Waals surface area contributed by atoms with Crippen LogP contribution in [0.25, 0.3) is 5.69 Å². The molecule has 0 atom stereocenters. The first-order valence-electron chi connectivity index (χ1n) is 12.2. The van der Waals surface area contributed by atoms with Crippen molar-refractivity contribution < 1.29 is 4.79 Å². The van der Waals surface area contributed by atoms with Crippen LogP contribution in [0.2, 0.25) is 0 Å². The molecule has 8 nitrogen and oxygen atoms in total. The van der Waals surface area contributed by atoms with Crippen molar-refractivity contribution in [3.05, 3.63) is 92.3 Å². The zero-order valence-corrected chi connectivity index (χ0v) is 20.4. The number of aryl methyl sites for hydroxylation is 1. The Hall–Kier alpha value is -3.52. The third-order valence-corrected chi connectivity index (χ3v) is 6.68. The summed E-state index contributed by atoms with van der Waals surface area (Å²) in [7, 11) is 1.36. The first-order valence-corrected chi connectivity index (χ1v) is 12.2. The van der Waals surface area contributed by atoms with Crippen LogP contribution in [0.4, 0.5) is 0 Å². The highest BCUT2D eigenvalue weighted by Crippen LogP contribution is 2.21. The van der Waals surface area contributed by atoms with E-state index in [1.807, 2.05) is 19.1 Å². The molecule has 35 heavy (non-hydrogen) atoms. The van der Waals surface area contributed by atoms with Gasteiger partial charge in [-0.2, -0.15) is 9.78 Å². The minimum Gasteiger partial charge on any atom is -0.350 e. The lowest BCUT2D eigenvalue weighted by Gasteiger charge is -2.32. The number of carbonyl (C=O) groups is 1. The number of hydrogen-bond donors (Lipinski definition) is 1. The molecule has 2 aromatic carbocycles. The molecule has 184 valence electrons. The highest BCUT2D eigenvalue weighted by molar-refractivity contribution is 5.91. The molecule has 2 heterocycles. The average Bonchev–Trinajstić information content (AvgIpc) is 2.87. The number of piperidine rings is 1. The molecule has 0 bridgehead atoms. The van der Waals surface area contributed by atoms with Gasteiger partial charge in [0.05, 0.1) is 5.69 Å². The van der Waals surface area contributed by atoms with Crippen molar-refractivity contribution in [3.8, 4) is 5.69 Å². The molecule has 1 aliphatic rings. The molecule has 1 aromatic heterocycles. The minimum absolute atomic E-state index is 0.283. The smallest absolute Gasteiger partial charge is 0.350 e. The highest BCUT2D eigenvalue weighted by atomic mass is 16.2. The second-order valence-corrected chi connectivity index (χ2v) is 9.33.